The summed E-state index contributed by atoms with van der Waals surface area (Å²) in [5.41, 5.74) is 0. The first-order valence-corrected chi connectivity index (χ1v) is 3.38. The molecule has 0 amide bonds. The van der Waals surface area contributed by atoms with Gasteiger partial charge in [-0.2, -0.15) is 0 Å². The molecule has 0 saturated heterocycles. The molecule has 3 radical (unpaired) electrons. The molecule has 0 heterocycles. The van der Waals surface area contributed by atoms with Crippen molar-refractivity contribution in [2.45, 2.75) is 1.81 Å². The fourth-order valence-corrected chi connectivity index (χ4v) is 0. The first-order valence-electron chi connectivity index (χ1n) is 0.817. The molecule has 0 fully saturated rings. The van der Waals surface area contributed by atoms with Crippen LogP contribution in [0.5, 0.6) is 0 Å². The molecule has 0 aliphatic carbocycles. The Morgan fingerprint density at radius 3 is 1.20 bits per heavy atom. The van der Waals surface area contributed by atoms with Gasteiger partial charge in [0, 0.05) is 0 Å². The van der Waals surface area contributed by atoms with Crippen LogP contribution in [0.2, 0.25) is 0 Å². The van der Waals surface area contributed by atoms with E-state index in [-0.39, 0.29) is 0 Å². The molecular formula is CCl3Sn. The Hall–Kier alpha value is 1.67. The van der Waals surface area contributed by atoms with Gasteiger partial charge >= 0.3 is 59.1 Å². The molecule has 0 aromatic heterocycles. The Balaban J connectivity index is 3.02. The molecule has 0 unspecified atom stereocenters. The second-order valence-corrected chi connectivity index (χ2v) is 7.63. The van der Waals surface area contributed by atoms with E-state index in [1.165, 1.54) is 0 Å². The second kappa shape index (κ2) is 2.10. The van der Waals surface area contributed by atoms with E-state index in [1.807, 2.05) is 0 Å². The van der Waals surface area contributed by atoms with Crippen LogP contribution in [-0.2, 0) is 0 Å². The molecule has 0 aromatic rings. The van der Waals surface area contributed by atoms with Crippen LogP contribution in [0.4, 0.5) is 0 Å². The molecule has 0 N–H and O–H groups in total. The summed E-state index contributed by atoms with van der Waals surface area (Å²) in [4.78, 5) is 0. The van der Waals surface area contributed by atoms with Crippen LogP contribution in [0.15, 0.2) is 0 Å². The van der Waals surface area contributed by atoms with Gasteiger partial charge in [0.1, 0.15) is 0 Å². The van der Waals surface area contributed by atoms with E-state index in [9.17, 15) is 0 Å². The minimum absolute atomic E-state index is 0.914. The zero-order chi connectivity index (χ0) is 4.50. The number of hydrogen-bond donors (Lipinski definition) is 0. The van der Waals surface area contributed by atoms with Crippen LogP contribution >= 0.6 is 34.8 Å². The number of alkyl halides is 3. The predicted molar refractivity (Wildman–Crippen MR) is 26.0 cm³/mol. The van der Waals surface area contributed by atoms with Crippen molar-refractivity contribution in [1.82, 2.24) is 0 Å². The predicted octanol–water partition coefficient (Wildman–Crippen LogP) is 1.48. The van der Waals surface area contributed by atoms with Crippen LogP contribution < -0.4 is 0 Å². The van der Waals surface area contributed by atoms with Crippen molar-refractivity contribution in [3.63, 3.8) is 0 Å². The van der Waals surface area contributed by atoms with Crippen LogP contribution in [-0.4, -0.2) is 24.3 Å². The molecule has 0 atom stereocenters. The average Bonchev–Trinajstić information content (AvgIpc) is 0.722. The number of hydrogen-bond acceptors (Lipinski definition) is 0. The molecule has 0 bridgehead atoms. The van der Waals surface area contributed by atoms with Gasteiger partial charge in [0.2, 0.25) is 0 Å². The number of halogens is 3. The average molecular weight is 237 g/mol. The van der Waals surface area contributed by atoms with Crippen molar-refractivity contribution in [3.8, 4) is 0 Å². The van der Waals surface area contributed by atoms with Gasteiger partial charge in [0.25, 0.3) is 0 Å². The summed E-state index contributed by atoms with van der Waals surface area (Å²) >= 11 is 16.2. The van der Waals surface area contributed by atoms with Crippen molar-refractivity contribution in [1.29, 1.82) is 0 Å². The molecule has 29 valence electrons. The maximum atomic E-state index is 5.10. The van der Waals surface area contributed by atoms with Gasteiger partial charge in [-0.1, -0.05) is 0 Å². The van der Waals surface area contributed by atoms with Gasteiger partial charge in [0.15, 0.2) is 0 Å². The monoisotopic (exact) mass is 237 g/mol. The molecule has 0 spiro atoms. The maximum absolute atomic E-state index is 5.10. The van der Waals surface area contributed by atoms with Gasteiger partial charge in [-0.25, -0.2) is 0 Å². The molecule has 0 nitrogen and oxygen atoms in total. The Labute approximate surface area is 58.9 Å². The van der Waals surface area contributed by atoms with E-state index in [2.05, 4.69) is 0 Å². The van der Waals surface area contributed by atoms with Gasteiger partial charge in [-0.15, -0.1) is 0 Å². The Bertz CT molecular complexity index is 22.4. The first kappa shape index (κ1) is 6.67. The molecule has 5 heavy (non-hydrogen) atoms. The molecular weight excluding hydrogens is 237 g/mol. The molecule has 0 aromatic carbocycles. The fourth-order valence-electron chi connectivity index (χ4n) is 0. The van der Waals surface area contributed by atoms with Gasteiger partial charge < -0.3 is 0 Å². The van der Waals surface area contributed by atoms with Gasteiger partial charge in [0.05, 0.1) is 0 Å². The Morgan fingerprint density at radius 2 is 1.20 bits per heavy atom. The third kappa shape index (κ3) is 27.4. The summed E-state index contributed by atoms with van der Waals surface area (Å²) in [6.45, 7) is 0. The molecule has 0 aliphatic rings. The Kier molecular flexibility index (Phi) is 2.80. The van der Waals surface area contributed by atoms with E-state index < -0.39 is 1.81 Å². The van der Waals surface area contributed by atoms with Gasteiger partial charge in [-0.05, 0) is 0 Å². The second-order valence-electron chi connectivity index (χ2n) is 0.498. The van der Waals surface area contributed by atoms with Gasteiger partial charge in [-0.3, -0.25) is 0 Å². The van der Waals surface area contributed by atoms with Crippen LogP contribution in [0.1, 0.15) is 0 Å². The van der Waals surface area contributed by atoms with Crippen molar-refractivity contribution < 1.29 is 0 Å². The summed E-state index contributed by atoms with van der Waals surface area (Å²) < 4.78 is -0.993. The SMILES string of the molecule is Cl[C](Cl)(Cl)[Sn]. The zero-order valence-electron chi connectivity index (χ0n) is 2.13. The van der Waals surface area contributed by atoms with E-state index in [4.69, 9.17) is 34.8 Å². The first-order chi connectivity index (χ1) is 2.00. The number of rotatable bonds is 0. The molecule has 4 heteroatoms. The van der Waals surface area contributed by atoms with Crippen molar-refractivity contribution in [2.75, 3.05) is 0 Å². The standard InChI is InChI=1S/CCl3.Sn/c2-1(3)4;. The topological polar surface area (TPSA) is 0 Å². The zero-order valence-corrected chi connectivity index (χ0v) is 7.26. The summed E-state index contributed by atoms with van der Waals surface area (Å²) in [7, 11) is 0. The van der Waals surface area contributed by atoms with Crippen molar-refractivity contribution >= 4 is 57.3 Å². The fraction of sp³-hybridized carbons (Fsp3) is 1.00. The Morgan fingerprint density at radius 1 is 1.20 bits per heavy atom. The van der Waals surface area contributed by atoms with Crippen molar-refractivity contribution in [2.24, 2.45) is 0 Å². The minimum atomic E-state index is -0.993. The van der Waals surface area contributed by atoms with E-state index >= 15 is 0 Å². The quantitative estimate of drug-likeness (QED) is 0.442. The third-order valence-corrected chi connectivity index (χ3v) is 0. The molecule has 0 aliphatic heterocycles. The van der Waals surface area contributed by atoms with Crippen LogP contribution in [0.3, 0.4) is 0 Å². The van der Waals surface area contributed by atoms with Crippen LogP contribution in [0, 0.1) is 0 Å². The van der Waals surface area contributed by atoms with Crippen LogP contribution in [0.25, 0.3) is 0 Å². The normalized spacial score (nSPS) is 12.0. The van der Waals surface area contributed by atoms with Crippen molar-refractivity contribution in [3.05, 3.63) is 0 Å². The van der Waals surface area contributed by atoms with E-state index in [0.717, 1.165) is 22.5 Å². The van der Waals surface area contributed by atoms with E-state index in [0.29, 0.717) is 0 Å². The summed E-state index contributed by atoms with van der Waals surface area (Å²) in [5, 5.41) is 0. The summed E-state index contributed by atoms with van der Waals surface area (Å²) in [5.74, 6) is 0. The van der Waals surface area contributed by atoms with E-state index in [1.54, 1.807) is 0 Å². The summed E-state index contributed by atoms with van der Waals surface area (Å²) in [6, 6.07) is 0. The summed E-state index contributed by atoms with van der Waals surface area (Å²) in [6.07, 6.45) is 0. The third-order valence-electron chi connectivity index (χ3n) is 0. The molecule has 0 rings (SSSR count). The molecule has 0 saturated carbocycles.